The van der Waals surface area contributed by atoms with Gasteiger partial charge in [-0.15, -0.1) is 0 Å². The molecule has 15 heavy (non-hydrogen) atoms. The molecule has 1 aliphatic rings. The summed E-state index contributed by atoms with van der Waals surface area (Å²) in [7, 11) is 0. The number of anilines is 2. The van der Waals surface area contributed by atoms with Crippen LogP contribution in [0.2, 0.25) is 0 Å². The van der Waals surface area contributed by atoms with Crippen molar-refractivity contribution >= 4 is 17.3 Å². The molecule has 4 nitrogen and oxygen atoms in total. The van der Waals surface area contributed by atoms with Crippen molar-refractivity contribution in [2.75, 3.05) is 10.8 Å². The van der Waals surface area contributed by atoms with E-state index in [0.717, 1.165) is 6.42 Å². The van der Waals surface area contributed by atoms with Crippen LogP contribution in [0.4, 0.5) is 11.4 Å². The largest absolute Gasteiger partial charge is 0.399 e. The lowest BCUT2D eigenvalue weighted by Crippen LogP contribution is -2.22. The predicted octanol–water partition coefficient (Wildman–Crippen LogP) is 1.72. The number of carbonyl (C=O) groups is 1. The summed E-state index contributed by atoms with van der Waals surface area (Å²) in [4.78, 5) is 17.1. The fourth-order valence-electron chi connectivity index (χ4n) is 1.60. The number of hydroxylamine groups is 1. The first kappa shape index (κ1) is 9.98. The van der Waals surface area contributed by atoms with Crippen LogP contribution in [-0.4, -0.2) is 12.0 Å². The van der Waals surface area contributed by atoms with E-state index in [1.807, 2.05) is 13.0 Å². The summed E-state index contributed by atoms with van der Waals surface area (Å²) in [6.07, 6.45) is 1.29. The molecule has 1 atom stereocenters. The van der Waals surface area contributed by atoms with Crippen LogP contribution in [0.15, 0.2) is 24.3 Å². The van der Waals surface area contributed by atoms with Crippen molar-refractivity contribution in [3.05, 3.63) is 24.3 Å². The van der Waals surface area contributed by atoms with Crippen LogP contribution in [0, 0.1) is 0 Å². The first-order chi connectivity index (χ1) is 7.20. The van der Waals surface area contributed by atoms with Crippen LogP contribution in [0.25, 0.3) is 0 Å². The van der Waals surface area contributed by atoms with E-state index in [2.05, 4.69) is 0 Å². The smallest absolute Gasteiger partial charge is 0.253 e. The van der Waals surface area contributed by atoms with Gasteiger partial charge in [-0.05, 0) is 24.6 Å². The van der Waals surface area contributed by atoms with Gasteiger partial charge in [0.15, 0.2) is 0 Å². The Morgan fingerprint density at radius 1 is 1.60 bits per heavy atom. The lowest BCUT2D eigenvalue weighted by molar-refractivity contribution is -0.119. The Labute approximate surface area is 88.6 Å². The highest BCUT2D eigenvalue weighted by Gasteiger charge is 2.30. The Morgan fingerprint density at radius 2 is 2.40 bits per heavy atom. The first-order valence-electron chi connectivity index (χ1n) is 5.06. The van der Waals surface area contributed by atoms with Gasteiger partial charge in [0.05, 0.1) is 18.2 Å². The zero-order valence-electron chi connectivity index (χ0n) is 8.64. The molecular weight excluding hydrogens is 192 g/mol. The van der Waals surface area contributed by atoms with E-state index < -0.39 is 0 Å². The highest BCUT2D eigenvalue weighted by atomic mass is 16.7. The standard InChI is InChI=1S/C11H14N2O2/c1-2-10-7-11(14)13(15-10)9-5-3-4-8(12)6-9/h3-6,10H,2,7,12H2,1H3. The number of hydrogen-bond acceptors (Lipinski definition) is 3. The van der Waals surface area contributed by atoms with Crippen molar-refractivity contribution in [2.24, 2.45) is 0 Å². The summed E-state index contributed by atoms with van der Waals surface area (Å²) in [6, 6.07) is 7.13. The summed E-state index contributed by atoms with van der Waals surface area (Å²) in [6.45, 7) is 2.00. The number of hydrogen-bond donors (Lipinski definition) is 1. The van der Waals surface area contributed by atoms with E-state index in [0.29, 0.717) is 17.8 Å². The van der Waals surface area contributed by atoms with Gasteiger partial charge >= 0.3 is 0 Å². The lowest BCUT2D eigenvalue weighted by Gasteiger charge is -2.15. The molecule has 0 saturated carbocycles. The molecule has 0 bridgehead atoms. The quantitative estimate of drug-likeness (QED) is 0.749. The van der Waals surface area contributed by atoms with E-state index in [4.69, 9.17) is 10.6 Å². The van der Waals surface area contributed by atoms with Crippen molar-refractivity contribution in [1.82, 2.24) is 0 Å². The number of nitrogen functional groups attached to an aromatic ring is 1. The molecule has 1 amide bonds. The molecule has 0 aliphatic carbocycles. The second-order valence-corrected chi connectivity index (χ2v) is 3.62. The van der Waals surface area contributed by atoms with Crippen LogP contribution in [0.3, 0.4) is 0 Å². The van der Waals surface area contributed by atoms with Gasteiger partial charge in [-0.2, -0.15) is 5.06 Å². The van der Waals surface area contributed by atoms with Gasteiger partial charge in [-0.1, -0.05) is 13.0 Å². The van der Waals surface area contributed by atoms with Crippen molar-refractivity contribution in [2.45, 2.75) is 25.9 Å². The van der Waals surface area contributed by atoms with Gasteiger partial charge in [-0.3, -0.25) is 9.63 Å². The first-order valence-corrected chi connectivity index (χ1v) is 5.06. The van der Waals surface area contributed by atoms with Crippen LogP contribution in [0.1, 0.15) is 19.8 Å². The molecule has 2 rings (SSSR count). The Kier molecular flexibility index (Phi) is 2.60. The summed E-state index contributed by atoms with van der Waals surface area (Å²) >= 11 is 0. The molecule has 4 heteroatoms. The zero-order valence-corrected chi connectivity index (χ0v) is 8.64. The number of nitrogens with two attached hydrogens (primary N) is 1. The molecule has 1 saturated heterocycles. The van der Waals surface area contributed by atoms with E-state index >= 15 is 0 Å². The molecule has 0 spiro atoms. The van der Waals surface area contributed by atoms with Crippen molar-refractivity contribution in [3.8, 4) is 0 Å². The number of rotatable bonds is 2. The minimum atomic E-state index is -0.00699. The maximum Gasteiger partial charge on any atom is 0.253 e. The van der Waals surface area contributed by atoms with Crippen molar-refractivity contribution in [1.29, 1.82) is 0 Å². The fraction of sp³-hybridized carbons (Fsp3) is 0.364. The third-order valence-corrected chi connectivity index (χ3v) is 2.44. The van der Waals surface area contributed by atoms with Gasteiger partial charge in [0.1, 0.15) is 0 Å². The molecular formula is C11H14N2O2. The summed E-state index contributed by atoms with van der Waals surface area (Å²) < 4.78 is 0. The highest BCUT2D eigenvalue weighted by Crippen LogP contribution is 2.26. The number of benzene rings is 1. The third kappa shape index (κ3) is 1.94. The third-order valence-electron chi connectivity index (χ3n) is 2.44. The van der Waals surface area contributed by atoms with Gasteiger partial charge in [0.2, 0.25) is 0 Å². The summed E-state index contributed by atoms with van der Waals surface area (Å²) in [5, 5.41) is 1.34. The molecule has 80 valence electrons. The van der Waals surface area contributed by atoms with Crippen LogP contribution in [0.5, 0.6) is 0 Å². The number of carbonyl (C=O) groups excluding carboxylic acids is 1. The molecule has 1 aromatic rings. The molecule has 1 unspecified atom stereocenters. The molecule has 0 aromatic heterocycles. The predicted molar refractivity (Wildman–Crippen MR) is 58.1 cm³/mol. The van der Waals surface area contributed by atoms with Gasteiger partial charge < -0.3 is 5.73 Å². The van der Waals surface area contributed by atoms with Crippen LogP contribution >= 0.6 is 0 Å². The minimum Gasteiger partial charge on any atom is -0.399 e. The van der Waals surface area contributed by atoms with E-state index in [1.165, 1.54) is 5.06 Å². The maximum atomic E-state index is 11.6. The lowest BCUT2D eigenvalue weighted by atomic mass is 10.2. The second kappa shape index (κ2) is 3.90. The Balaban J connectivity index is 2.21. The average Bonchev–Trinajstić information content (AvgIpc) is 2.60. The minimum absolute atomic E-state index is 0.000990. The van der Waals surface area contributed by atoms with Gasteiger partial charge in [0, 0.05) is 5.69 Å². The summed E-state index contributed by atoms with van der Waals surface area (Å²) in [5.74, 6) is -0.00699. The van der Waals surface area contributed by atoms with E-state index in [-0.39, 0.29) is 12.0 Å². The average molecular weight is 206 g/mol. The SMILES string of the molecule is CCC1CC(=O)N(c2cccc(N)c2)O1. The normalized spacial score (nSPS) is 21.0. The topological polar surface area (TPSA) is 55.6 Å². The zero-order chi connectivity index (χ0) is 10.8. The van der Waals surface area contributed by atoms with Crippen molar-refractivity contribution in [3.63, 3.8) is 0 Å². The monoisotopic (exact) mass is 206 g/mol. The second-order valence-electron chi connectivity index (χ2n) is 3.62. The maximum absolute atomic E-state index is 11.6. The summed E-state index contributed by atoms with van der Waals surface area (Å²) in [5.41, 5.74) is 6.98. The number of amides is 1. The van der Waals surface area contributed by atoms with E-state index in [1.54, 1.807) is 18.2 Å². The molecule has 1 aromatic carbocycles. The van der Waals surface area contributed by atoms with E-state index in [9.17, 15) is 4.79 Å². The molecule has 1 heterocycles. The van der Waals surface area contributed by atoms with Crippen LogP contribution < -0.4 is 10.8 Å². The van der Waals surface area contributed by atoms with Crippen molar-refractivity contribution < 1.29 is 9.63 Å². The van der Waals surface area contributed by atoms with Gasteiger partial charge in [0.25, 0.3) is 5.91 Å². The number of nitrogens with zero attached hydrogens (tertiary/aromatic N) is 1. The van der Waals surface area contributed by atoms with Gasteiger partial charge in [-0.25, -0.2) is 0 Å². The Morgan fingerprint density at radius 3 is 3.00 bits per heavy atom. The Hall–Kier alpha value is -1.55. The van der Waals surface area contributed by atoms with Crippen LogP contribution in [-0.2, 0) is 9.63 Å². The fourth-order valence-corrected chi connectivity index (χ4v) is 1.60. The highest BCUT2D eigenvalue weighted by molar-refractivity contribution is 5.93. The molecule has 2 N–H and O–H groups in total. The molecule has 1 aliphatic heterocycles. The Bertz CT molecular complexity index is 379. The molecule has 1 fully saturated rings. The molecule has 0 radical (unpaired) electrons.